The lowest BCUT2D eigenvalue weighted by molar-refractivity contribution is 0.449. The van der Waals surface area contributed by atoms with Gasteiger partial charge in [0, 0.05) is 11.8 Å². The van der Waals surface area contributed by atoms with E-state index < -0.39 is 0 Å². The molecule has 0 aliphatic rings. The molecule has 0 radical (unpaired) electrons. The molecule has 26 heavy (non-hydrogen) atoms. The molecule has 0 fully saturated rings. The third-order valence-electron chi connectivity index (χ3n) is 3.92. The van der Waals surface area contributed by atoms with Crippen molar-refractivity contribution >= 4 is 11.8 Å². The van der Waals surface area contributed by atoms with Crippen LogP contribution in [0.1, 0.15) is 36.6 Å². The molecule has 0 bridgehead atoms. The molecule has 0 aliphatic heterocycles. The van der Waals surface area contributed by atoms with Crippen LogP contribution in [0.4, 0.5) is 4.39 Å². The molecule has 1 aromatic heterocycles. The summed E-state index contributed by atoms with van der Waals surface area (Å²) in [5, 5.41) is 0.586. The minimum atomic E-state index is -0.212. The number of rotatable bonds is 6. The highest BCUT2D eigenvalue weighted by Gasteiger charge is 2.12. The Morgan fingerprint density at radius 3 is 2.50 bits per heavy atom. The van der Waals surface area contributed by atoms with Crippen molar-refractivity contribution in [1.29, 1.82) is 0 Å². The number of thioether (sulfide) groups is 1. The van der Waals surface area contributed by atoms with E-state index in [0.29, 0.717) is 22.4 Å². The van der Waals surface area contributed by atoms with Gasteiger partial charge >= 0.3 is 0 Å². The van der Waals surface area contributed by atoms with Gasteiger partial charge in [0.15, 0.2) is 5.16 Å². The summed E-state index contributed by atoms with van der Waals surface area (Å²) in [6.07, 6.45) is 0. The minimum Gasteiger partial charge on any atom is -0.439 e. The van der Waals surface area contributed by atoms with Gasteiger partial charge in [-0.2, -0.15) is 4.98 Å². The second-order valence-corrected chi connectivity index (χ2v) is 7.26. The van der Waals surface area contributed by atoms with Gasteiger partial charge < -0.3 is 4.74 Å². The van der Waals surface area contributed by atoms with Crippen molar-refractivity contribution < 1.29 is 9.13 Å². The number of hydrogen-bond donors (Lipinski definition) is 0. The van der Waals surface area contributed by atoms with Crippen molar-refractivity contribution in [3.8, 4) is 11.6 Å². The van der Waals surface area contributed by atoms with E-state index in [1.54, 1.807) is 12.1 Å². The van der Waals surface area contributed by atoms with Crippen LogP contribution in [0.3, 0.4) is 0 Å². The smallest absolute Gasteiger partial charge is 0.223 e. The maximum atomic E-state index is 13.8. The predicted octanol–water partition coefficient (Wildman–Crippen LogP) is 6.13. The molecule has 3 nitrogen and oxygen atoms in total. The summed E-state index contributed by atoms with van der Waals surface area (Å²) in [5.41, 5.74) is 2.58. The van der Waals surface area contributed by atoms with Crippen LogP contribution in [0.2, 0.25) is 0 Å². The lowest BCUT2D eigenvalue weighted by atomic mass is 10.1. The molecule has 3 aromatic rings. The van der Waals surface area contributed by atoms with Gasteiger partial charge in [0.1, 0.15) is 11.6 Å². The zero-order valence-corrected chi connectivity index (χ0v) is 15.9. The fourth-order valence-corrected chi connectivity index (χ4v) is 3.22. The number of para-hydroxylation sites is 1. The van der Waals surface area contributed by atoms with Crippen LogP contribution in [0.15, 0.2) is 59.8 Å². The first-order chi connectivity index (χ1) is 12.5. The van der Waals surface area contributed by atoms with E-state index in [4.69, 9.17) is 4.74 Å². The van der Waals surface area contributed by atoms with Gasteiger partial charge in [0.25, 0.3) is 0 Å². The maximum Gasteiger partial charge on any atom is 0.223 e. The van der Waals surface area contributed by atoms with Crippen LogP contribution in [-0.4, -0.2) is 9.97 Å². The highest BCUT2D eigenvalue weighted by atomic mass is 32.2. The number of aromatic nitrogens is 2. The summed E-state index contributed by atoms with van der Waals surface area (Å²) in [6, 6.07) is 16.4. The number of ether oxygens (including phenoxy) is 1. The molecule has 5 heteroatoms. The highest BCUT2D eigenvalue weighted by Crippen LogP contribution is 2.29. The Hall–Kier alpha value is -2.40. The molecule has 134 valence electrons. The molecule has 0 amide bonds. The summed E-state index contributed by atoms with van der Waals surface area (Å²) in [4.78, 5) is 9.10. The summed E-state index contributed by atoms with van der Waals surface area (Å²) in [7, 11) is 0. The van der Waals surface area contributed by atoms with Gasteiger partial charge in [-0.05, 0) is 36.1 Å². The maximum absolute atomic E-state index is 13.8. The number of halogens is 1. The first-order valence-electron chi connectivity index (χ1n) is 8.51. The molecule has 0 N–H and O–H groups in total. The van der Waals surface area contributed by atoms with Gasteiger partial charge in [0.05, 0.1) is 5.69 Å². The quantitative estimate of drug-likeness (QED) is 0.387. The number of benzene rings is 2. The average molecular weight is 368 g/mol. The number of aryl methyl sites for hydroxylation is 1. The van der Waals surface area contributed by atoms with E-state index in [1.165, 1.54) is 17.8 Å². The lowest BCUT2D eigenvalue weighted by Crippen LogP contribution is -2.00. The first kappa shape index (κ1) is 18.4. The summed E-state index contributed by atoms with van der Waals surface area (Å²) < 4.78 is 19.8. The predicted molar refractivity (Wildman–Crippen MR) is 103 cm³/mol. The Morgan fingerprint density at radius 1 is 1.04 bits per heavy atom. The van der Waals surface area contributed by atoms with Crippen molar-refractivity contribution in [2.75, 3.05) is 0 Å². The lowest BCUT2D eigenvalue weighted by Gasteiger charge is -2.12. The van der Waals surface area contributed by atoms with Crippen molar-refractivity contribution in [2.24, 2.45) is 0 Å². The Morgan fingerprint density at radius 2 is 1.77 bits per heavy atom. The highest BCUT2D eigenvalue weighted by molar-refractivity contribution is 7.98. The molecule has 0 atom stereocenters. The summed E-state index contributed by atoms with van der Waals surface area (Å²) in [6.45, 7) is 6.14. The van der Waals surface area contributed by atoms with Gasteiger partial charge in [-0.3, -0.25) is 0 Å². The zero-order chi connectivity index (χ0) is 18.5. The van der Waals surface area contributed by atoms with Gasteiger partial charge in [-0.1, -0.05) is 62.0 Å². The van der Waals surface area contributed by atoms with Crippen molar-refractivity contribution in [3.63, 3.8) is 0 Å². The van der Waals surface area contributed by atoms with Gasteiger partial charge in [-0.25, -0.2) is 9.37 Å². The fourth-order valence-electron chi connectivity index (χ4n) is 2.37. The minimum absolute atomic E-state index is 0.212. The van der Waals surface area contributed by atoms with Gasteiger partial charge in [0.2, 0.25) is 5.88 Å². The Balaban J connectivity index is 1.84. The number of hydrogen-bond acceptors (Lipinski definition) is 4. The molecule has 0 spiro atoms. The molecule has 0 saturated heterocycles. The van der Waals surface area contributed by atoms with E-state index >= 15 is 0 Å². The van der Waals surface area contributed by atoms with Crippen molar-refractivity contribution in [2.45, 2.75) is 37.6 Å². The van der Waals surface area contributed by atoms with E-state index in [0.717, 1.165) is 17.0 Å². The Kier molecular flexibility index (Phi) is 5.89. The largest absolute Gasteiger partial charge is 0.439 e. The Bertz CT molecular complexity index is 899. The summed E-state index contributed by atoms with van der Waals surface area (Å²) >= 11 is 1.41. The van der Waals surface area contributed by atoms with E-state index in [1.807, 2.05) is 43.3 Å². The molecule has 0 aliphatic carbocycles. The third-order valence-corrected chi connectivity index (χ3v) is 4.81. The van der Waals surface area contributed by atoms with Crippen molar-refractivity contribution in [3.05, 3.63) is 77.2 Å². The average Bonchev–Trinajstić information content (AvgIpc) is 2.63. The monoisotopic (exact) mass is 368 g/mol. The molecular weight excluding hydrogens is 347 g/mol. The first-order valence-corrected chi connectivity index (χ1v) is 9.50. The topological polar surface area (TPSA) is 35.0 Å². The molecule has 2 aromatic carbocycles. The van der Waals surface area contributed by atoms with Crippen LogP contribution in [0.5, 0.6) is 11.6 Å². The zero-order valence-electron chi connectivity index (χ0n) is 15.1. The Labute approximate surface area is 157 Å². The van der Waals surface area contributed by atoms with E-state index in [2.05, 4.69) is 23.8 Å². The second-order valence-electron chi connectivity index (χ2n) is 6.32. The molecule has 3 rings (SSSR count). The van der Waals surface area contributed by atoms with E-state index in [9.17, 15) is 4.39 Å². The van der Waals surface area contributed by atoms with Crippen LogP contribution >= 0.6 is 11.8 Å². The van der Waals surface area contributed by atoms with Crippen LogP contribution in [0.25, 0.3) is 0 Å². The second kappa shape index (κ2) is 8.32. The van der Waals surface area contributed by atoms with Crippen LogP contribution < -0.4 is 4.74 Å². The SMILES string of the molecule is Cc1ccccc1Oc1cc(C(C)C)nc(SCc2ccccc2F)n1. The van der Waals surface area contributed by atoms with E-state index in [-0.39, 0.29) is 11.7 Å². The number of nitrogens with zero attached hydrogens (tertiary/aromatic N) is 2. The molecule has 1 heterocycles. The van der Waals surface area contributed by atoms with Crippen LogP contribution in [-0.2, 0) is 5.75 Å². The molecular formula is C21H21FN2OS. The van der Waals surface area contributed by atoms with Crippen LogP contribution in [0, 0.1) is 12.7 Å². The fraction of sp³-hybridized carbons (Fsp3) is 0.238. The van der Waals surface area contributed by atoms with Gasteiger partial charge in [-0.15, -0.1) is 0 Å². The normalized spacial score (nSPS) is 11.0. The third kappa shape index (κ3) is 4.61. The van der Waals surface area contributed by atoms with Crippen molar-refractivity contribution in [1.82, 2.24) is 9.97 Å². The molecule has 0 saturated carbocycles. The standard InChI is InChI=1S/C21H21FN2OS/c1-14(2)18-12-20(25-19-11-7-4-8-15(19)3)24-21(23-18)26-13-16-9-5-6-10-17(16)22/h4-12,14H,13H2,1-3H3. The molecule has 0 unspecified atom stereocenters. The summed E-state index contributed by atoms with van der Waals surface area (Å²) in [5.74, 6) is 1.78.